The molecule has 0 spiro atoms. The number of fused-ring (bicyclic) bond motifs is 9. The summed E-state index contributed by atoms with van der Waals surface area (Å²) < 4.78 is 0. The molecule has 2 aliphatic carbocycles. The summed E-state index contributed by atoms with van der Waals surface area (Å²) in [7, 11) is 0. The summed E-state index contributed by atoms with van der Waals surface area (Å²) in [5, 5.41) is 0. The van der Waals surface area contributed by atoms with Crippen LogP contribution in [-0.2, 0) is 5.41 Å². The molecule has 0 amide bonds. The Hall–Kier alpha value is -2.48. The first-order valence-electron chi connectivity index (χ1n) is 13.8. The molecule has 2 fully saturated rings. The highest BCUT2D eigenvalue weighted by Crippen LogP contribution is 2.63. The molecule has 0 radical (unpaired) electrons. The minimum Gasteiger partial charge on any atom is -0.335 e. The van der Waals surface area contributed by atoms with Crippen molar-refractivity contribution in [2.45, 2.75) is 88.5 Å². The number of para-hydroxylation sites is 1. The van der Waals surface area contributed by atoms with Crippen molar-refractivity contribution in [3.8, 4) is 11.1 Å². The quantitative estimate of drug-likeness (QED) is 0.313. The number of anilines is 2. The van der Waals surface area contributed by atoms with Crippen molar-refractivity contribution in [1.82, 2.24) is 0 Å². The monoisotopic (exact) mass is 443 g/mol. The van der Waals surface area contributed by atoms with Crippen molar-refractivity contribution in [1.29, 1.82) is 0 Å². The van der Waals surface area contributed by atoms with E-state index in [1.165, 1.54) is 80.0 Å². The Balaban J connectivity index is 1.53. The molecule has 2 saturated carbocycles. The van der Waals surface area contributed by atoms with Gasteiger partial charge in [0.1, 0.15) is 0 Å². The minimum atomic E-state index is 0.155. The molecule has 34 heavy (non-hydrogen) atoms. The number of rotatable bonds is 1. The van der Waals surface area contributed by atoms with Gasteiger partial charge >= 0.3 is 0 Å². The predicted octanol–water partition coefficient (Wildman–Crippen LogP) is 6.29. The molecule has 0 saturated heterocycles. The smallest absolute Gasteiger partial charge is 0.248 e. The topological polar surface area (TPSA) is 3.24 Å². The summed E-state index contributed by atoms with van der Waals surface area (Å²) in [4.78, 5) is 2.88. The van der Waals surface area contributed by atoms with Gasteiger partial charge in [-0.2, -0.15) is 0 Å². The maximum atomic E-state index is 2.88. The summed E-state index contributed by atoms with van der Waals surface area (Å²) in [5.74, 6) is 0.733. The van der Waals surface area contributed by atoms with E-state index in [2.05, 4.69) is 73.3 Å². The molecule has 0 aromatic heterocycles. The molecule has 0 bridgehead atoms. The maximum absolute atomic E-state index is 2.88. The average molecular weight is 443 g/mol. The summed E-state index contributed by atoms with van der Waals surface area (Å²) in [6, 6.07) is 21.4. The molecule has 3 aromatic carbocycles. The van der Waals surface area contributed by atoms with E-state index in [4.69, 9.17) is 0 Å². The molecule has 2 heteroatoms. The van der Waals surface area contributed by atoms with Crippen LogP contribution in [0.1, 0.15) is 88.7 Å². The third kappa shape index (κ3) is 2.16. The van der Waals surface area contributed by atoms with Gasteiger partial charge in [0.15, 0.2) is 0 Å². The average Bonchev–Trinajstić information content (AvgIpc) is 3.32. The molecule has 170 valence electrons. The van der Waals surface area contributed by atoms with Crippen molar-refractivity contribution in [2.24, 2.45) is 0 Å². The minimum absolute atomic E-state index is 0.155. The standard InChI is InChI=1S/C32H34BN/c1-31-18-10-11-19-32(31,2)34-27-17-9-8-16-26(27)33-25-15-7-6-14-22(25)24-20-23(21-12-4-3-5-13-21)28(31)30(34)29(24)33/h6-9,14-17,20-21H,3-5,10-13,18-19H2,1-2H3. The van der Waals surface area contributed by atoms with Gasteiger partial charge in [0.2, 0.25) is 6.71 Å². The molecular weight excluding hydrogens is 409 g/mol. The van der Waals surface area contributed by atoms with Gasteiger partial charge in [-0.1, -0.05) is 93.0 Å². The van der Waals surface area contributed by atoms with Crippen LogP contribution in [-0.4, -0.2) is 12.3 Å². The van der Waals surface area contributed by atoms with E-state index in [0.29, 0.717) is 6.71 Å². The van der Waals surface area contributed by atoms with Gasteiger partial charge in [-0.05, 0) is 77.8 Å². The van der Waals surface area contributed by atoms with E-state index in [0.717, 1.165) is 5.92 Å². The van der Waals surface area contributed by atoms with E-state index in [1.54, 1.807) is 27.8 Å². The fraction of sp³-hybridized carbons (Fsp3) is 0.438. The summed E-state index contributed by atoms with van der Waals surface area (Å²) in [5.41, 5.74) is 14.7. The first-order valence-corrected chi connectivity index (χ1v) is 13.8. The van der Waals surface area contributed by atoms with Crippen LogP contribution in [0.5, 0.6) is 0 Å². The van der Waals surface area contributed by atoms with Crippen molar-refractivity contribution in [3.63, 3.8) is 0 Å². The Labute approximate surface area is 204 Å². The second-order valence-corrected chi connectivity index (χ2v) is 12.2. The lowest BCUT2D eigenvalue weighted by Gasteiger charge is -2.51. The van der Waals surface area contributed by atoms with Crippen molar-refractivity contribution in [2.75, 3.05) is 4.90 Å². The van der Waals surface area contributed by atoms with Crippen LogP contribution in [0.2, 0.25) is 0 Å². The van der Waals surface area contributed by atoms with Crippen molar-refractivity contribution < 1.29 is 0 Å². The molecule has 5 aliphatic rings. The fourth-order valence-corrected chi connectivity index (χ4v) is 9.05. The normalized spacial score (nSPS) is 28.4. The van der Waals surface area contributed by atoms with Crippen LogP contribution in [0.25, 0.3) is 11.1 Å². The number of hydrogen-bond donors (Lipinski definition) is 0. The van der Waals surface area contributed by atoms with E-state index >= 15 is 0 Å². The third-order valence-corrected chi connectivity index (χ3v) is 10.8. The number of nitrogens with zero attached hydrogens (tertiary/aromatic N) is 1. The van der Waals surface area contributed by atoms with E-state index in [9.17, 15) is 0 Å². The molecule has 2 atom stereocenters. The predicted molar refractivity (Wildman–Crippen MR) is 145 cm³/mol. The highest BCUT2D eigenvalue weighted by atomic mass is 15.3. The van der Waals surface area contributed by atoms with Gasteiger partial charge in [-0.15, -0.1) is 0 Å². The zero-order chi connectivity index (χ0) is 22.7. The number of hydrogen-bond acceptors (Lipinski definition) is 1. The second-order valence-electron chi connectivity index (χ2n) is 12.2. The molecular formula is C32H34BN. The lowest BCUT2D eigenvalue weighted by Crippen LogP contribution is -2.60. The fourth-order valence-electron chi connectivity index (χ4n) is 9.05. The Morgan fingerprint density at radius 2 is 1.53 bits per heavy atom. The Morgan fingerprint density at radius 3 is 2.38 bits per heavy atom. The molecule has 1 nitrogen and oxygen atoms in total. The summed E-state index contributed by atoms with van der Waals surface area (Å²) in [6.45, 7) is 5.65. The van der Waals surface area contributed by atoms with Crippen LogP contribution >= 0.6 is 0 Å². The highest BCUT2D eigenvalue weighted by Gasteiger charge is 2.62. The third-order valence-electron chi connectivity index (χ3n) is 10.8. The number of benzene rings is 3. The lowest BCUT2D eigenvalue weighted by molar-refractivity contribution is 0.193. The molecule has 3 aromatic rings. The molecule has 3 heterocycles. The summed E-state index contributed by atoms with van der Waals surface area (Å²) >= 11 is 0. The van der Waals surface area contributed by atoms with E-state index < -0.39 is 0 Å². The molecule has 2 unspecified atom stereocenters. The second kappa shape index (κ2) is 6.59. The van der Waals surface area contributed by atoms with Gasteiger partial charge in [-0.3, -0.25) is 0 Å². The van der Waals surface area contributed by atoms with Crippen LogP contribution in [0, 0.1) is 0 Å². The van der Waals surface area contributed by atoms with Gasteiger partial charge in [0.05, 0.1) is 5.54 Å². The Morgan fingerprint density at radius 1 is 0.794 bits per heavy atom. The first kappa shape index (κ1) is 19.8. The molecule has 3 aliphatic heterocycles. The van der Waals surface area contributed by atoms with Gasteiger partial charge in [0.25, 0.3) is 0 Å². The molecule has 0 N–H and O–H groups in total. The van der Waals surface area contributed by atoms with Crippen molar-refractivity contribution >= 4 is 34.5 Å². The Bertz CT molecular complexity index is 1350. The summed E-state index contributed by atoms with van der Waals surface area (Å²) in [6.07, 6.45) is 12.3. The largest absolute Gasteiger partial charge is 0.335 e. The van der Waals surface area contributed by atoms with Crippen LogP contribution in [0.15, 0.2) is 54.6 Å². The van der Waals surface area contributed by atoms with Crippen LogP contribution < -0.4 is 21.3 Å². The Kier molecular flexibility index (Phi) is 3.84. The SMILES string of the molecule is CC12CCCCC1(C)N1c3ccccc3B3c4ccccc4-c4cc(C5CCCCC5)c2c1c43. The van der Waals surface area contributed by atoms with Crippen molar-refractivity contribution in [3.05, 3.63) is 65.7 Å². The van der Waals surface area contributed by atoms with Crippen LogP contribution in [0.4, 0.5) is 11.4 Å². The zero-order valence-corrected chi connectivity index (χ0v) is 20.7. The zero-order valence-electron chi connectivity index (χ0n) is 20.7. The van der Waals surface area contributed by atoms with E-state index in [1.807, 2.05) is 0 Å². The molecule has 8 rings (SSSR count). The van der Waals surface area contributed by atoms with Crippen LogP contribution in [0.3, 0.4) is 0 Å². The van der Waals surface area contributed by atoms with Gasteiger partial charge < -0.3 is 4.90 Å². The highest BCUT2D eigenvalue weighted by molar-refractivity contribution is 7.01. The van der Waals surface area contributed by atoms with Gasteiger partial charge in [0, 0.05) is 16.8 Å². The van der Waals surface area contributed by atoms with E-state index in [-0.39, 0.29) is 11.0 Å². The first-order chi connectivity index (χ1) is 16.6. The van der Waals surface area contributed by atoms with Gasteiger partial charge in [-0.25, -0.2) is 0 Å². The maximum Gasteiger partial charge on any atom is 0.248 e. The lowest BCUT2D eigenvalue weighted by atomic mass is 9.37.